The molecule has 2 aliphatic rings. The van der Waals surface area contributed by atoms with Gasteiger partial charge in [0, 0.05) is 6.61 Å². The number of aliphatic hydroxyl groups excluding tert-OH is 1. The summed E-state index contributed by atoms with van der Waals surface area (Å²) < 4.78 is 0. The van der Waals surface area contributed by atoms with Crippen LogP contribution >= 0.6 is 0 Å². The Morgan fingerprint density at radius 1 is 1.33 bits per heavy atom. The van der Waals surface area contributed by atoms with Crippen molar-refractivity contribution < 1.29 is 5.11 Å². The highest BCUT2D eigenvalue weighted by Crippen LogP contribution is 2.42. The fourth-order valence-electron chi connectivity index (χ4n) is 2.10. The molecule has 3 atom stereocenters. The Bertz CT molecular complexity index is 140. The van der Waals surface area contributed by atoms with Crippen molar-refractivity contribution in [1.29, 1.82) is 0 Å². The van der Waals surface area contributed by atoms with Gasteiger partial charge in [-0.05, 0) is 30.6 Å². The number of aliphatic hydroxyl groups is 1. The van der Waals surface area contributed by atoms with E-state index in [1.54, 1.807) is 0 Å². The van der Waals surface area contributed by atoms with Gasteiger partial charge in [0.25, 0.3) is 0 Å². The van der Waals surface area contributed by atoms with Crippen LogP contribution < -0.4 is 0 Å². The van der Waals surface area contributed by atoms with E-state index in [1.807, 2.05) is 0 Å². The van der Waals surface area contributed by atoms with Gasteiger partial charge in [-0.3, -0.25) is 0 Å². The van der Waals surface area contributed by atoms with Crippen LogP contribution in [-0.4, -0.2) is 11.7 Å². The van der Waals surface area contributed by atoms with E-state index >= 15 is 0 Å². The van der Waals surface area contributed by atoms with Gasteiger partial charge in [0.2, 0.25) is 0 Å². The molecule has 0 saturated heterocycles. The first-order valence-electron chi connectivity index (χ1n) is 3.69. The van der Waals surface area contributed by atoms with Gasteiger partial charge in [0.1, 0.15) is 0 Å². The summed E-state index contributed by atoms with van der Waals surface area (Å²) in [6.45, 7) is 0.394. The van der Waals surface area contributed by atoms with Crippen LogP contribution in [0.15, 0.2) is 12.2 Å². The van der Waals surface area contributed by atoms with Crippen LogP contribution in [-0.2, 0) is 0 Å². The molecule has 2 aliphatic carbocycles. The van der Waals surface area contributed by atoms with Gasteiger partial charge in [-0.2, -0.15) is 0 Å². The Kier molecular flexibility index (Phi) is 1.12. The summed E-state index contributed by atoms with van der Waals surface area (Å²) in [4.78, 5) is 0. The van der Waals surface area contributed by atoms with Crippen molar-refractivity contribution in [2.75, 3.05) is 6.61 Å². The van der Waals surface area contributed by atoms with Gasteiger partial charge in [0.15, 0.2) is 0 Å². The lowest BCUT2D eigenvalue weighted by atomic mass is 9.95. The molecular formula is C8H12O. The van der Waals surface area contributed by atoms with Gasteiger partial charge in [-0.25, -0.2) is 0 Å². The number of rotatable bonds is 1. The highest BCUT2D eigenvalue weighted by Gasteiger charge is 2.34. The van der Waals surface area contributed by atoms with E-state index in [1.165, 1.54) is 12.8 Å². The van der Waals surface area contributed by atoms with E-state index in [2.05, 4.69) is 12.2 Å². The van der Waals surface area contributed by atoms with Gasteiger partial charge in [0.05, 0.1) is 0 Å². The van der Waals surface area contributed by atoms with Crippen molar-refractivity contribution in [2.45, 2.75) is 12.8 Å². The Labute approximate surface area is 55.4 Å². The minimum Gasteiger partial charge on any atom is -0.396 e. The molecule has 0 aromatic rings. The van der Waals surface area contributed by atoms with Crippen molar-refractivity contribution in [2.24, 2.45) is 17.8 Å². The van der Waals surface area contributed by atoms with E-state index in [9.17, 15) is 0 Å². The molecule has 9 heavy (non-hydrogen) atoms. The lowest BCUT2D eigenvalue weighted by Crippen LogP contribution is -2.10. The molecule has 0 radical (unpaired) electrons. The fraction of sp³-hybridized carbons (Fsp3) is 0.750. The second-order valence-electron chi connectivity index (χ2n) is 3.22. The Morgan fingerprint density at radius 2 is 2.22 bits per heavy atom. The third-order valence-electron chi connectivity index (χ3n) is 2.65. The molecule has 0 aliphatic heterocycles. The number of allylic oxidation sites excluding steroid dienone is 2. The van der Waals surface area contributed by atoms with Crippen molar-refractivity contribution in [3.63, 3.8) is 0 Å². The molecule has 50 valence electrons. The Balaban J connectivity index is 2.10. The third-order valence-corrected chi connectivity index (χ3v) is 2.65. The van der Waals surface area contributed by atoms with Crippen LogP contribution in [0.2, 0.25) is 0 Å². The monoisotopic (exact) mass is 124 g/mol. The minimum absolute atomic E-state index is 0.394. The smallest absolute Gasteiger partial charge is 0.0465 e. The average molecular weight is 124 g/mol. The summed E-state index contributed by atoms with van der Waals surface area (Å²) in [5, 5.41) is 8.85. The zero-order valence-corrected chi connectivity index (χ0v) is 5.46. The van der Waals surface area contributed by atoms with E-state index in [0.29, 0.717) is 12.5 Å². The summed E-state index contributed by atoms with van der Waals surface area (Å²) >= 11 is 0. The van der Waals surface area contributed by atoms with Crippen LogP contribution in [0.5, 0.6) is 0 Å². The molecule has 1 heteroatoms. The van der Waals surface area contributed by atoms with Crippen LogP contribution in [0, 0.1) is 17.8 Å². The number of hydrogen-bond donors (Lipinski definition) is 1. The third kappa shape index (κ3) is 0.715. The molecule has 1 fully saturated rings. The maximum atomic E-state index is 8.85. The fourth-order valence-corrected chi connectivity index (χ4v) is 2.10. The van der Waals surface area contributed by atoms with Crippen LogP contribution in [0.4, 0.5) is 0 Å². The average Bonchev–Trinajstić information content (AvgIpc) is 2.45. The predicted molar refractivity (Wildman–Crippen MR) is 35.9 cm³/mol. The lowest BCUT2D eigenvalue weighted by molar-refractivity contribution is 0.207. The molecule has 2 bridgehead atoms. The van der Waals surface area contributed by atoms with E-state index in [4.69, 9.17) is 5.11 Å². The maximum absolute atomic E-state index is 8.85. The molecule has 0 aromatic carbocycles. The molecule has 0 unspecified atom stereocenters. The highest BCUT2D eigenvalue weighted by atomic mass is 16.3. The van der Waals surface area contributed by atoms with E-state index in [-0.39, 0.29) is 0 Å². The molecule has 1 N–H and O–H groups in total. The molecule has 2 rings (SSSR count). The van der Waals surface area contributed by atoms with Crippen LogP contribution in [0.1, 0.15) is 12.8 Å². The first-order chi connectivity index (χ1) is 4.40. The van der Waals surface area contributed by atoms with Gasteiger partial charge < -0.3 is 5.11 Å². The van der Waals surface area contributed by atoms with Crippen LogP contribution in [0.25, 0.3) is 0 Å². The first-order valence-corrected chi connectivity index (χ1v) is 3.69. The Morgan fingerprint density at radius 3 is 2.56 bits per heavy atom. The molecule has 0 amide bonds. The molecule has 0 aromatic heterocycles. The largest absolute Gasteiger partial charge is 0.396 e. The van der Waals surface area contributed by atoms with Gasteiger partial charge in [-0.1, -0.05) is 12.2 Å². The summed E-state index contributed by atoms with van der Waals surface area (Å²) in [5.41, 5.74) is 0. The number of hydrogen-bond acceptors (Lipinski definition) is 1. The van der Waals surface area contributed by atoms with Crippen LogP contribution in [0.3, 0.4) is 0 Å². The van der Waals surface area contributed by atoms with E-state index in [0.717, 1.165) is 11.8 Å². The zero-order valence-electron chi connectivity index (χ0n) is 5.46. The van der Waals surface area contributed by atoms with Gasteiger partial charge >= 0.3 is 0 Å². The standard InChI is InChI=1S/C8H12O/c9-5-8-4-6-1-2-7(8)3-6/h1-2,6-9H,3-5H2/t6-,7+,8+/m1/s1. The van der Waals surface area contributed by atoms with Gasteiger partial charge in [-0.15, -0.1) is 0 Å². The quantitative estimate of drug-likeness (QED) is 0.520. The Hall–Kier alpha value is -0.300. The first kappa shape index (κ1) is 5.48. The zero-order chi connectivity index (χ0) is 6.27. The van der Waals surface area contributed by atoms with E-state index < -0.39 is 0 Å². The van der Waals surface area contributed by atoms with Crippen molar-refractivity contribution in [3.05, 3.63) is 12.2 Å². The summed E-state index contributed by atoms with van der Waals surface area (Å²) in [7, 11) is 0. The SMILES string of the molecule is OC[C@@H]1C[C@@H]2C=C[C@H]1C2. The molecule has 0 spiro atoms. The minimum atomic E-state index is 0.394. The van der Waals surface area contributed by atoms with Crippen molar-refractivity contribution >= 4 is 0 Å². The summed E-state index contributed by atoms with van der Waals surface area (Å²) in [6.07, 6.45) is 7.12. The predicted octanol–water partition coefficient (Wildman–Crippen LogP) is 1.19. The molecule has 0 heterocycles. The van der Waals surface area contributed by atoms with Crippen molar-refractivity contribution in [1.82, 2.24) is 0 Å². The maximum Gasteiger partial charge on any atom is 0.0465 e. The highest BCUT2D eigenvalue weighted by molar-refractivity contribution is 5.09. The van der Waals surface area contributed by atoms with Crippen molar-refractivity contribution in [3.8, 4) is 0 Å². The molecule has 1 nitrogen and oxygen atoms in total. The molecular weight excluding hydrogens is 112 g/mol. The molecule has 1 saturated carbocycles. The number of fused-ring (bicyclic) bond motifs is 2. The topological polar surface area (TPSA) is 20.2 Å². The summed E-state index contributed by atoms with van der Waals surface area (Å²) in [5.74, 6) is 2.13. The second kappa shape index (κ2) is 1.84. The second-order valence-corrected chi connectivity index (χ2v) is 3.22. The lowest BCUT2D eigenvalue weighted by Gasteiger charge is -2.13. The summed E-state index contributed by atoms with van der Waals surface area (Å²) in [6, 6.07) is 0. The normalized spacial score (nSPS) is 46.6.